The number of carbonyl (C=O) groups excluding carboxylic acids is 2. The van der Waals surface area contributed by atoms with E-state index < -0.39 is 21.9 Å². The number of amidine groups is 1. The molecule has 0 bridgehead atoms. The molecule has 9 nitrogen and oxygen atoms in total. The van der Waals surface area contributed by atoms with Crippen LogP contribution in [0.2, 0.25) is 0 Å². The van der Waals surface area contributed by atoms with Crippen LogP contribution >= 0.6 is 0 Å². The molecular weight excluding hydrogens is 398 g/mol. The second-order valence-corrected chi connectivity index (χ2v) is 8.04. The number of esters is 1. The number of nitrogens with one attached hydrogen (secondary N) is 1. The molecular formula is C19H19N3O6S. The van der Waals surface area contributed by atoms with Crippen molar-refractivity contribution >= 4 is 39.1 Å². The minimum Gasteiger partial charge on any atom is -0.495 e. The third kappa shape index (κ3) is 3.92. The van der Waals surface area contributed by atoms with Gasteiger partial charge in [-0.2, -0.15) is 0 Å². The highest BCUT2D eigenvalue weighted by Gasteiger charge is 2.32. The molecule has 152 valence electrons. The van der Waals surface area contributed by atoms with Crippen molar-refractivity contribution in [3.63, 3.8) is 0 Å². The Morgan fingerprint density at radius 1 is 1.14 bits per heavy atom. The molecule has 2 aromatic carbocycles. The molecule has 3 rings (SSSR count). The molecule has 1 amide bonds. The number of rotatable bonds is 5. The minimum absolute atomic E-state index is 0.0734. The number of hydrogen-bond donors (Lipinski definition) is 1. The number of hydrogen-bond acceptors (Lipinski definition) is 7. The molecule has 0 aliphatic carbocycles. The molecule has 1 aliphatic rings. The predicted octanol–water partition coefficient (Wildman–Crippen LogP) is 2.17. The lowest BCUT2D eigenvalue weighted by Crippen LogP contribution is -2.37. The van der Waals surface area contributed by atoms with Gasteiger partial charge in [0.2, 0.25) is 5.91 Å². The highest BCUT2D eigenvalue weighted by molar-refractivity contribution is 7.90. The first-order chi connectivity index (χ1) is 13.8. The minimum atomic E-state index is -3.79. The van der Waals surface area contributed by atoms with Gasteiger partial charge in [-0.15, -0.1) is 0 Å². The third-order valence-corrected chi connectivity index (χ3v) is 6.16. The topological polar surface area (TPSA) is 114 Å². The van der Waals surface area contributed by atoms with Crippen LogP contribution in [0.4, 0.5) is 11.4 Å². The van der Waals surface area contributed by atoms with Crippen LogP contribution in [0.25, 0.3) is 0 Å². The normalized spacial score (nSPS) is 14.4. The second-order valence-electron chi connectivity index (χ2n) is 6.10. The Bertz CT molecular complexity index is 1110. The summed E-state index contributed by atoms with van der Waals surface area (Å²) >= 11 is 0. The maximum Gasteiger partial charge on any atom is 0.337 e. The molecule has 29 heavy (non-hydrogen) atoms. The average molecular weight is 417 g/mol. The number of nitrogens with zero attached hydrogens (tertiary/aromatic N) is 2. The fourth-order valence-corrected chi connectivity index (χ4v) is 4.11. The third-order valence-electron chi connectivity index (χ3n) is 4.33. The van der Waals surface area contributed by atoms with Gasteiger partial charge in [0.25, 0.3) is 10.0 Å². The van der Waals surface area contributed by atoms with E-state index >= 15 is 0 Å². The number of fused-ring (bicyclic) bond motifs is 1. The van der Waals surface area contributed by atoms with E-state index in [0.29, 0.717) is 5.75 Å². The predicted molar refractivity (Wildman–Crippen MR) is 106 cm³/mol. The summed E-state index contributed by atoms with van der Waals surface area (Å²) in [6.07, 6.45) is -0.296. The largest absolute Gasteiger partial charge is 0.495 e. The molecule has 1 N–H and O–H groups in total. The van der Waals surface area contributed by atoms with Gasteiger partial charge in [0.05, 0.1) is 37.6 Å². The van der Waals surface area contributed by atoms with Gasteiger partial charge in [0.15, 0.2) is 0 Å². The zero-order valence-corrected chi connectivity index (χ0v) is 16.8. The van der Waals surface area contributed by atoms with Crippen LogP contribution in [0.3, 0.4) is 0 Å². The summed E-state index contributed by atoms with van der Waals surface area (Å²) in [6.45, 7) is 0. The number of aliphatic imine (C=N–C) groups is 1. The number of anilines is 1. The fourth-order valence-electron chi connectivity index (χ4n) is 2.80. The van der Waals surface area contributed by atoms with Crippen LogP contribution in [-0.4, -0.2) is 51.7 Å². The van der Waals surface area contributed by atoms with E-state index in [0.717, 1.165) is 4.31 Å². The Hall–Kier alpha value is -3.40. The van der Waals surface area contributed by atoms with Crippen LogP contribution < -0.4 is 10.1 Å². The number of ether oxygens (including phenoxy) is 2. The average Bonchev–Trinajstić information content (AvgIpc) is 2.71. The second kappa shape index (κ2) is 7.92. The van der Waals surface area contributed by atoms with Gasteiger partial charge in [-0.25, -0.2) is 18.2 Å². The first-order valence-electron chi connectivity index (χ1n) is 8.49. The van der Waals surface area contributed by atoms with Gasteiger partial charge in [-0.1, -0.05) is 12.1 Å². The summed E-state index contributed by atoms with van der Waals surface area (Å²) < 4.78 is 36.2. The van der Waals surface area contributed by atoms with Gasteiger partial charge >= 0.3 is 5.97 Å². The van der Waals surface area contributed by atoms with Gasteiger partial charge in [0.1, 0.15) is 16.5 Å². The Morgan fingerprint density at radius 3 is 2.55 bits per heavy atom. The van der Waals surface area contributed by atoms with Gasteiger partial charge in [-0.05, 0) is 30.3 Å². The van der Waals surface area contributed by atoms with E-state index in [2.05, 4.69) is 15.0 Å². The monoisotopic (exact) mass is 417 g/mol. The zero-order valence-electron chi connectivity index (χ0n) is 16.0. The first kappa shape index (κ1) is 20.3. The Balaban J connectivity index is 1.86. The number of amides is 1. The van der Waals surface area contributed by atoms with Crippen LogP contribution in [-0.2, 0) is 19.6 Å². The SMILES string of the molecule is COC(=O)c1ccc(OC)c(NC(=O)CC2=Nc3ccccc3S(=O)(=O)N2C)c1. The van der Waals surface area contributed by atoms with Crippen molar-refractivity contribution < 1.29 is 27.5 Å². The van der Waals surface area contributed by atoms with Crippen molar-refractivity contribution in [2.75, 3.05) is 26.6 Å². The molecule has 1 aliphatic heterocycles. The van der Waals surface area contributed by atoms with Crippen molar-refractivity contribution in [3.05, 3.63) is 48.0 Å². The quantitative estimate of drug-likeness (QED) is 0.746. The van der Waals surface area contributed by atoms with Gasteiger partial charge < -0.3 is 14.8 Å². The number of para-hydroxylation sites is 1. The molecule has 10 heteroatoms. The highest BCUT2D eigenvalue weighted by atomic mass is 32.2. The standard InChI is InChI=1S/C19H19N3O6S/c1-22-17(20-13-6-4-5-7-16(13)29(22,25)26)11-18(23)21-14-10-12(19(24)28-3)8-9-15(14)27-2/h4-10H,11H2,1-3H3,(H,21,23). The Kier molecular flexibility index (Phi) is 5.55. The molecule has 0 saturated carbocycles. The van der Waals surface area contributed by atoms with Crippen molar-refractivity contribution in [1.82, 2.24) is 4.31 Å². The summed E-state index contributed by atoms with van der Waals surface area (Å²) in [5, 5.41) is 2.63. The van der Waals surface area contributed by atoms with E-state index in [1.807, 2.05) is 0 Å². The van der Waals surface area contributed by atoms with E-state index in [9.17, 15) is 18.0 Å². The number of carbonyl (C=O) groups is 2. The molecule has 0 saturated heterocycles. The van der Waals surface area contributed by atoms with E-state index in [1.54, 1.807) is 18.2 Å². The van der Waals surface area contributed by atoms with Crippen molar-refractivity contribution in [1.29, 1.82) is 0 Å². The van der Waals surface area contributed by atoms with Crippen LogP contribution in [0, 0.1) is 0 Å². The van der Waals surface area contributed by atoms with E-state index in [1.165, 1.54) is 45.5 Å². The Morgan fingerprint density at radius 2 is 1.86 bits per heavy atom. The molecule has 0 atom stereocenters. The molecule has 2 aromatic rings. The summed E-state index contributed by atoms with van der Waals surface area (Å²) in [6, 6.07) is 10.8. The molecule has 1 heterocycles. The summed E-state index contributed by atoms with van der Waals surface area (Å²) in [5.74, 6) is -0.681. The maximum absolute atomic E-state index is 12.6. The molecule has 0 aromatic heterocycles. The lowest BCUT2D eigenvalue weighted by molar-refractivity contribution is -0.115. The maximum atomic E-state index is 12.6. The first-order valence-corrected chi connectivity index (χ1v) is 9.93. The lowest BCUT2D eigenvalue weighted by atomic mass is 10.2. The molecule has 0 radical (unpaired) electrons. The van der Waals surface area contributed by atoms with Crippen molar-refractivity contribution in [2.45, 2.75) is 11.3 Å². The molecule has 0 spiro atoms. The van der Waals surface area contributed by atoms with Crippen molar-refractivity contribution in [3.8, 4) is 5.75 Å². The number of methoxy groups -OCH3 is 2. The van der Waals surface area contributed by atoms with Crippen LogP contribution in [0.1, 0.15) is 16.8 Å². The zero-order chi connectivity index (χ0) is 21.2. The van der Waals surface area contributed by atoms with Gasteiger partial charge in [-0.3, -0.25) is 9.10 Å². The molecule has 0 unspecified atom stereocenters. The van der Waals surface area contributed by atoms with Crippen LogP contribution in [0.15, 0.2) is 52.4 Å². The number of sulfonamides is 1. The van der Waals surface area contributed by atoms with Crippen LogP contribution in [0.5, 0.6) is 5.75 Å². The summed E-state index contributed by atoms with van der Waals surface area (Å²) in [4.78, 5) is 28.7. The smallest absolute Gasteiger partial charge is 0.337 e. The van der Waals surface area contributed by atoms with E-state index in [4.69, 9.17) is 4.74 Å². The molecule has 0 fully saturated rings. The lowest BCUT2D eigenvalue weighted by Gasteiger charge is -2.26. The summed E-state index contributed by atoms with van der Waals surface area (Å²) in [7, 11) is 0.229. The summed E-state index contributed by atoms with van der Waals surface area (Å²) in [5.41, 5.74) is 0.758. The van der Waals surface area contributed by atoms with Crippen molar-refractivity contribution in [2.24, 2.45) is 4.99 Å². The fraction of sp³-hybridized carbons (Fsp3) is 0.211. The van der Waals surface area contributed by atoms with Gasteiger partial charge in [0, 0.05) is 7.05 Å². The Labute approximate surface area is 168 Å². The highest BCUT2D eigenvalue weighted by Crippen LogP contribution is 2.32. The van der Waals surface area contributed by atoms with E-state index in [-0.39, 0.29) is 34.1 Å². The number of benzene rings is 2.